The predicted molar refractivity (Wildman–Crippen MR) is 83.6 cm³/mol. The molecule has 1 fully saturated rings. The Morgan fingerprint density at radius 1 is 1.41 bits per heavy atom. The highest BCUT2D eigenvalue weighted by molar-refractivity contribution is 6.32. The maximum atomic E-state index is 11.4. The zero-order valence-corrected chi connectivity index (χ0v) is 13.0. The fourth-order valence-electron chi connectivity index (χ4n) is 3.06. The molecule has 1 N–H and O–H groups in total. The van der Waals surface area contributed by atoms with E-state index in [0.717, 1.165) is 25.9 Å². The number of carbonyl (C=O) groups is 1. The second kappa shape index (κ2) is 5.96. The summed E-state index contributed by atoms with van der Waals surface area (Å²) in [4.78, 5) is 21.6. The number of aromatic nitrogens is 3. The van der Waals surface area contributed by atoms with Crippen LogP contribution in [0.2, 0.25) is 5.15 Å². The number of piperidine rings is 1. The molecule has 0 bridgehead atoms. The zero-order valence-electron chi connectivity index (χ0n) is 12.2. The zero-order chi connectivity index (χ0) is 15.7. The first-order chi connectivity index (χ1) is 10.6. The normalized spacial score (nSPS) is 16.0. The number of rotatable bonds is 3. The van der Waals surface area contributed by atoms with Gasteiger partial charge in [0, 0.05) is 44.1 Å². The van der Waals surface area contributed by atoms with Gasteiger partial charge in [-0.15, -0.1) is 0 Å². The third-order valence-electron chi connectivity index (χ3n) is 4.19. The number of pyridine rings is 1. The molecule has 0 aliphatic carbocycles. The van der Waals surface area contributed by atoms with E-state index in [1.807, 2.05) is 29.0 Å². The summed E-state index contributed by atoms with van der Waals surface area (Å²) in [5.74, 6) is -0.541. The Morgan fingerprint density at radius 2 is 2.14 bits per heavy atom. The lowest BCUT2D eigenvalue weighted by Gasteiger charge is -2.34. The number of halogens is 1. The van der Waals surface area contributed by atoms with Crippen LogP contribution in [0.15, 0.2) is 24.8 Å². The molecule has 0 aromatic carbocycles. The SMILES string of the molecule is Cn1cncc1C1CCN(c2c(C(=O)O)ccnc2Cl)CC1. The molecule has 2 aromatic heterocycles. The molecular weight excluding hydrogens is 304 g/mol. The molecule has 22 heavy (non-hydrogen) atoms. The molecule has 6 nitrogen and oxygen atoms in total. The van der Waals surface area contributed by atoms with Crippen molar-refractivity contribution < 1.29 is 9.90 Å². The Morgan fingerprint density at radius 3 is 2.73 bits per heavy atom. The second-order valence-electron chi connectivity index (χ2n) is 5.49. The van der Waals surface area contributed by atoms with Crippen LogP contribution in [0.5, 0.6) is 0 Å². The third kappa shape index (κ3) is 2.66. The summed E-state index contributed by atoms with van der Waals surface area (Å²) < 4.78 is 2.04. The Balaban J connectivity index is 1.80. The van der Waals surface area contributed by atoms with E-state index in [1.165, 1.54) is 18.0 Å². The van der Waals surface area contributed by atoms with E-state index in [-0.39, 0.29) is 10.7 Å². The highest BCUT2D eigenvalue weighted by Gasteiger charge is 2.27. The van der Waals surface area contributed by atoms with Gasteiger partial charge in [-0.25, -0.2) is 14.8 Å². The van der Waals surface area contributed by atoms with E-state index >= 15 is 0 Å². The van der Waals surface area contributed by atoms with Crippen LogP contribution >= 0.6 is 11.6 Å². The highest BCUT2D eigenvalue weighted by atomic mass is 35.5. The van der Waals surface area contributed by atoms with Crippen LogP contribution in [0.25, 0.3) is 0 Å². The van der Waals surface area contributed by atoms with Gasteiger partial charge in [-0.3, -0.25) is 0 Å². The fourth-order valence-corrected chi connectivity index (χ4v) is 3.34. The molecule has 0 unspecified atom stereocenters. The van der Waals surface area contributed by atoms with Crippen molar-refractivity contribution in [3.8, 4) is 0 Å². The minimum Gasteiger partial charge on any atom is -0.478 e. The number of hydrogen-bond acceptors (Lipinski definition) is 4. The van der Waals surface area contributed by atoms with Gasteiger partial charge >= 0.3 is 5.97 Å². The molecule has 2 aromatic rings. The minimum atomic E-state index is -0.979. The first-order valence-corrected chi connectivity index (χ1v) is 7.54. The lowest BCUT2D eigenvalue weighted by Crippen LogP contribution is -2.34. The van der Waals surface area contributed by atoms with Gasteiger partial charge in [0.1, 0.15) is 0 Å². The van der Waals surface area contributed by atoms with Gasteiger partial charge in [0.2, 0.25) is 0 Å². The van der Waals surface area contributed by atoms with E-state index in [0.29, 0.717) is 11.6 Å². The summed E-state index contributed by atoms with van der Waals surface area (Å²) in [6, 6.07) is 1.50. The first kappa shape index (κ1) is 14.8. The fraction of sp³-hybridized carbons (Fsp3) is 0.400. The molecule has 7 heteroatoms. The van der Waals surface area contributed by atoms with Crippen LogP contribution < -0.4 is 4.90 Å². The number of carboxylic acids is 1. The average molecular weight is 321 g/mol. The van der Waals surface area contributed by atoms with E-state index < -0.39 is 5.97 Å². The summed E-state index contributed by atoms with van der Waals surface area (Å²) in [5.41, 5.74) is 1.95. The predicted octanol–water partition coefficient (Wildman–Crippen LogP) is 2.55. The van der Waals surface area contributed by atoms with Gasteiger partial charge < -0.3 is 14.6 Å². The lowest BCUT2D eigenvalue weighted by molar-refractivity contribution is 0.0697. The molecule has 3 heterocycles. The van der Waals surface area contributed by atoms with Gasteiger partial charge in [0.25, 0.3) is 0 Å². The van der Waals surface area contributed by atoms with Crippen molar-refractivity contribution in [2.75, 3.05) is 18.0 Å². The maximum Gasteiger partial charge on any atom is 0.337 e. The van der Waals surface area contributed by atoms with Crippen LogP contribution in [-0.2, 0) is 7.05 Å². The van der Waals surface area contributed by atoms with Crippen LogP contribution in [-0.4, -0.2) is 38.7 Å². The summed E-state index contributed by atoms with van der Waals surface area (Å²) in [7, 11) is 2.00. The number of imidazole rings is 1. The van der Waals surface area contributed by atoms with Gasteiger partial charge in [-0.05, 0) is 18.9 Å². The van der Waals surface area contributed by atoms with Gasteiger partial charge in [-0.1, -0.05) is 11.6 Å². The molecule has 1 aliphatic heterocycles. The van der Waals surface area contributed by atoms with Crippen molar-refractivity contribution in [3.05, 3.63) is 41.2 Å². The van der Waals surface area contributed by atoms with Crippen molar-refractivity contribution in [3.63, 3.8) is 0 Å². The van der Waals surface area contributed by atoms with E-state index in [9.17, 15) is 9.90 Å². The van der Waals surface area contributed by atoms with Crippen molar-refractivity contribution in [1.29, 1.82) is 0 Å². The van der Waals surface area contributed by atoms with Gasteiger partial charge in [0.15, 0.2) is 5.15 Å². The third-order valence-corrected chi connectivity index (χ3v) is 4.47. The number of hydrogen-bond donors (Lipinski definition) is 1. The number of anilines is 1. The Kier molecular flexibility index (Phi) is 4.02. The largest absolute Gasteiger partial charge is 0.478 e. The molecule has 3 rings (SSSR count). The molecule has 0 amide bonds. The summed E-state index contributed by atoms with van der Waals surface area (Å²) in [5, 5.41) is 9.58. The summed E-state index contributed by atoms with van der Waals surface area (Å²) in [6.45, 7) is 1.50. The van der Waals surface area contributed by atoms with Crippen molar-refractivity contribution in [1.82, 2.24) is 14.5 Å². The Hall–Kier alpha value is -2.08. The molecule has 116 valence electrons. The Labute approximate surface area is 133 Å². The molecular formula is C15H17ClN4O2. The topological polar surface area (TPSA) is 71.2 Å². The average Bonchev–Trinajstić information content (AvgIpc) is 2.93. The second-order valence-corrected chi connectivity index (χ2v) is 5.85. The van der Waals surface area contributed by atoms with E-state index in [1.54, 1.807) is 0 Å². The van der Waals surface area contributed by atoms with Crippen LogP contribution in [0.4, 0.5) is 5.69 Å². The first-order valence-electron chi connectivity index (χ1n) is 7.17. The number of carboxylic acid groups (broad SMARTS) is 1. The summed E-state index contributed by atoms with van der Waals surface area (Å²) in [6.07, 6.45) is 7.01. The van der Waals surface area contributed by atoms with Crippen molar-refractivity contribution >= 4 is 23.3 Å². The Bertz CT molecular complexity index is 693. The maximum absolute atomic E-state index is 11.4. The number of nitrogens with zero attached hydrogens (tertiary/aromatic N) is 4. The van der Waals surface area contributed by atoms with Crippen molar-refractivity contribution in [2.24, 2.45) is 7.05 Å². The van der Waals surface area contributed by atoms with Crippen LogP contribution in [0, 0.1) is 0 Å². The molecule has 0 spiro atoms. The molecule has 0 radical (unpaired) electrons. The molecule has 0 saturated carbocycles. The highest BCUT2D eigenvalue weighted by Crippen LogP contribution is 2.34. The van der Waals surface area contributed by atoms with Crippen LogP contribution in [0.1, 0.15) is 34.8 Å². The van der Waals surface area contributed by atoms with Gasteiger partial charge in [-0.2, -0.15) is 0 Å². The van der Waals surface area contributed by atoms with E-state index in [4.69, 9.17) is 11.6 Å². The monoisotopic (exact) mass is 320 g/mol. The minimum absolute atomic E-state index is 0.207. The van der Waals surface area contributed by atoms with E-state index in [2.05, 4.69) is 9.97 Å². The quantitative estimate of drug-likeness (QED) is 0.880. The number of aromatic carboxylic acids is 1. The number of aryl methyl sites for hydroxylation is 1. The standard InChI is InChI=1S/C15H17ClN4O2/c1-19-9-17-8-12(19)10-3-6-20(7-4-10)13-11(15(21)22)2-5-18-14(13)16/h2,5,8-10H,3-4,6-7H2,1H3,(H,21,22). The molecule has 1 aliphatic rings. The molecule has 0 atom stereocenters. The van der Waals surface area contributed by atoms with Crippen molar-refractivity contribution in [2.45, 2.75) is 18.8 Å². The molecule has 1 saturated heterocycles. The van der Waals surface area contributed by atoms with Gasteiger partial charge in [0.05, 0.1) is 17.6 Å². The van der Waals surface area contributed by atoms with Crippen LogP contribution in [0.3, 0.4) is 0 Å². The summed E-state index contributed by atoms with van der Waals surface area (Å²) >= 11 is 6.14. The lowest BCUT2D eigenvalue weighted by atomic mass is 9.93. The smallest absolute Gasteiger partial charge is 0.337 e.